The predicted octanol–water partition coefficient (Wildman–Crippen LogP) is 4.60. The van der Waals surface area contributed by atoms with E-state index >= 15 is 0 Å². The Balaban J connectivity index is 1.26. The number of hydrogen-bond donors (Lipinski definition) is 2. The van der Waals surface area contributed by atoms with Gasteiger partial charge in [0.05, 0.1) is 10.6 Å². The first-order valence-electron chi connectivity index (χ1n) is 12.2. The van der Waals surface area contributed by atoms with Crippen molar-refractivity contribution in [1.29, 1.82) is 5.26 Å². The van der Waals surface area contributed by atoms with Gasteiger partial charge in [0.25, 0.3) is 5.91 Å². The van der Waals surface area contributed by atoms with E-state index in [1.807, 2.05) is 36.4 Å². The summed E-state index contributed by atoms with van der Waals surface area (Å²) in [4.78, 5) is 17.4. The minimum Gasteiger partial charge on any atom is -0.396 e. The van der Waals surface area contributed by atoms with Crippen molar-refractivity contribution < 1.29 is 9.90 Å². The van der Waals surface area contributed by atoms with Gasteiger partial charge in [-0.1, -0.05) is 11.6 Å². The van der Waals surface area contributed by atoms with Gasteiger partial charge in [-0.15, -0.1) is 0 Å². The minimum absolute atomic E-state index is 0.0128. The number of hydrogen-bond acceptors (Lipinski definition) is 5. The molecule has 7 heteroatoms. The van der Waals surface area contributed by atoms with Crippen LogP contribution < -0.4 is 15.1 Å². The number of carbonyl (C=O) groups excluding carboxylic acids is 1. The van der Waals surface area contributed by atoms with E-state index in [0.29, 0.717) is 28.1 Å². The molecule has 180 valence electrons. The standard InChI is InChI=1S/C27H33ClN4O2/c1-31(25-9-4-21(17-29)26(28)16-25)23-10-5-22(6-11-23)30-27(34)20-2-7-24(8-3-20)32-14-12-19(18-33)13-15-32/h2-4,7-9,16,19,22-23,33H,5-6,10-15,18H2,1H3,(H,30,34). The zero-order chi connectivity index (χ0) is 24.1. The van der Waals surface area contributed by atoms with Crippen LogP contribution in [-0.4, -0.2) is 49.8 Å². The summed E-state index contributed by atoms with van der Waals surface area (Å²) in [6, 6.07) is 16.1. The van der Waals surface area contributed by atoms with Gasteiger partial charge in [-0.3, -0.25) is 4.79 Å². The van der Waals surface area contributed by atoms with Crippen LogP contribution >= 0.6 is 11.6 Å². The van der Waals surface area contributed by atoms with Gasteiger partial charge in [0.15, 0.2) is 0 Å². The third-order valence-electron chi connectivity index (χ3n) is 7.43. The Morgan fingerprint density at radius 3 is 2.38 bits per heavy atom. The molecule has 1 saturated carbocycles. The number of benzene rings is 2. The summed E-state index contributed by atoms with van der Waals surface area (Å²) in [5, 5.41) is 22.1. The fourth-order valence-electron chi connectivity index (χ4n) is 5.10. The quantitative estimate of drug-likeness (QED) is 0.631. The van der Waals surface area contributed by atoms with Crippen LogP contribution in [0.3, 0.4) is 0 Å². The smallest absolute Gasteiger partial charge is 0.251 e. The number of rotatable bonds is 6. The van der Waals surface area contributed by atoms with Crippen LogP contribution in [0.15, 0.2) is 42.5 Å². The maximum absolute atomic E-state index is 12.8. The largest absolute Gasteiger partial charge is 0.396 e. The molecule has 1 aliphatic heterocycles. The fraction of sp³-hybridized carbons (Fsp3) is 0.481. The molecule has 4 rings (SSSR count). The van der Waals surface area contributed by atoms with Gasteiger partial charge in [0.1, 0.15) is 6.07 Å². The van der Waals surface area contributed by atoms with E-state index in [9.17, 15) is 9.90 Å². The minimum atomic E-state index is -0.0128. The molecule has 1 saturated heterocycles. The average Bonchev–Trinajstić information content (AvgIpc) is 2.89. The van der Waals surface area contributed by atoms with E-state index in [-0.39, 0.29) is 18.6 Å². The highest BCUT2D eigenvalue weighted by atomic mass is 35.5. The van der Waals surface area contributed by atoms with Crippen LogP contribution in [0.1, 0.15) is 54.4 Å². The molecule has 1 amide bonds. The fourth-order valence-corrected chi connectivity index (χ4v) is 5.32. The first kappa shape index (κ1) is 24.4. The van der Waals surface area contributed by atoms with Gasteiger partial charge in [0, 0.05) is 55.8 Å². The molecule has 2 N–H and O–H groups in total. The third-order valence-corrected chi connectivity index (χ3v) is 7.74. The van der Waals surface area contributed by atoms with E-state index in [0.717, 1.165) is 63.0 Å². The van der Waals surface area contributed by atoms with Crippen molar-refractivity contribution in [2.75, 3.05) is 36.5 Å². The summed E-state index contributed by atoms with van der Waals surface area (Å²) in [6.45, 7) is 2.17. The Labute approximate surface area is 207 Å². The van der Waals surface area contributed by atoms with Crippen LogP contribution in [0.25, 0.3) is 0 Å². The van der Waals surface area contributed by atoms with Crippen molar-refractivity contribution in [2.24, 2.45) is 5.92 Å². The molecule has 2 aliphatic rings. The molecule has 1 aliphatic carbocycles. The SMILES string of the molecule is CN(c1ccc(C#N)c(Cl)c1)C1CCC(NC(=O)c2ccc(N3CCC(CO)CC3)cc2)CC1. The molecule has 0 atom stereocenters. The van der Waals surface area contributed by atoms with Gasteiger partial charge in [-0.2, -0.15) is 5.26 Å². The Morgan fingerprint density at radius 1 is 1.12 bits per heavy atom. The zero-order valence-corrected chi connectivity index (χ0v) is 20.5. The van der Waals surface area contributed by atoms with Crippen molar-refractivity contribution in [3.8, 4) is 6.07 Å². The molecule has 0 aromatic heterocycles. The molecule has 0 radical (unpaired) electrons. The maximum Gasteiger partial charge on any atom is 0.251 e. The van der Waals surface area contributed by atoms with Gasteiger partial charge < -0.3 is 20.2 Å². The second-order valence-electron chi connectivity index (χ2n) is 9.53. The predicted molar refractivity (Wildman–Crippen MR) is 137 cm³/mol. The Morgan fingerprint density at radius 2 is 1.79 bits per heavy atom. The van der Waals surface area contributed by atoms with Crippen LogP contribution in [0, 0.1) is 17.2 Å². The molecule has 1 heterocycles. The summed E-state index contributed by atoms with van der Waals surface area (Å²) in [6.07, 6.45) is 5.86. The van der Waals surface area contributed by atoms with E-state index in [4.69, 9.17) is 16.9 Å². The summed E-state index contributed by atoms with van der Waals surface area (Å²) in [7, 11) is 2.06. The molecule has 0 unspecified atom stereocenters. The first-order valence-corrected chi connectivity index (χ1v) is 12.6. The zero-order valence-electron chi connectivity index (χ0n) is 19.7. The highest BCUT2D eigenvalue weighted by Crippen LogP contribution is 2.29. The van der Waals surface area contributed by atoms with E-state index in [2.05, 4.69) is 28.2 Å². The van der Waals surface area contributed by atoms with Crippen molar-refractivity contribution in [1.82, 2.24) is 5.32 Å². The number of halogens is 1. The number of aliphatic hydroxyl groups excluding tert-OH is 1. The lowest BCUT2D eigenvalue weighted by molar-refractivity contribution is 0.0926. The number of amides is 1. The number of nitrogens with zero attached hydrogens (tertiary/aromatic N) is 3. The number of carbonyl (C=O) groups is 1. The molecular formula is C27H33ClN4O2. The van der Waals surface area contributed by atoms with Crippen molar-refractivity contribution in [3.05, 3.63) is 58.6 Å². The highest BCUT2D eigenvalue weighted by Gasteiger charge is 2.26. The van der Waals surface area contributed by atoms with Crippen LogP contribution in [0.4, 0.5) is 11.4 Å². The van der Waals surface area contributed by atoms with Gasteiger partial charge in [-0.05, 0) is 86.9 Å². The molecule has 0 spiro atoms. The number of nitriles is 1. The molecular weight excluding hydrogens is 448 g/mol. The summed E-state index contributed by atoms with van der Waals surface area (Å²) in [5.74, 6) is 0.402. The van der Waals surface area contributed by atoms with Crippen LogP contribution in [-0.2, 0) is 0 Å². The molecule has 2 aromatic carbocycles. The lowest BCUT2D eigenvalue weighted by atomic mass is 9.90. The van der Waals surface area contributed by atoms with Gasteiger partial charge >= 0.3 is 0 Å². The Kier molecular flexibility index (Phi) is 7.97. The van der Waals surface area contributed by atoms with Crippen LogP contribution in [0.5, 0.6) is 0 Å². The van der Waals surface area contributed by atoms with E-state index in [1.54, 1.807) is 6.07 Å². The number of piperidine rings is 1. The molecule has 6 nitrogen and oxygen atoms in total. The van der Waals surface area contributed by atoms with E-state index in [1.165, 1.54) is 0 Å². The summed E-state index contributed by atoms with van der Waals surface area (Å²) in [5.41, 5.74) is 3.33. The van der Waals surface area contributed by atoms with Crippen molar-refractivity contribution >= 4 is 28.9 Å². The van der Waals surface area contributed by atoms with E-state index < -0.39 is 0 Å². The molecule has 2 fully saturated rings. The normalized spacial score (nSPS) is 21.1. The lowest BCUT2D eigenvalue weighted by Gasteiger charge is -2.36. The number of nitrogens with one attached hydrogen (secondary N) is 1. The Bertz CT molecular complexity index is 1020. The molecule has 0 bridgehead atoms. The molecule has 2 aromatic rings. The summed E-state index contributed by atoms with van der Waals surface area (Å²) < 4.78 is 0. The summed E-state index contributed by atoms with van der Waals surface area (Å²) >= 11 is 6.21. The number of aliphatic hydroxyl groups is 1. The number of anilines is 2. The maximum atomic E-state index is 12.8. The topological polar surface area (TPSA) is 79.6 Å². The lowest BCUT2D eigenvalue weighted by Crippen LogP contribution is -2.43. The monoisotopic (exact) mass is 480 g/mol. The van der Waals surface area contributed by atoms with Crippen molar-refractivity contribution in [3.63, 3.8) is 0 Å². The second-order valence-corrected chi connectivity index (χ2v) is 9.93. The van der Waals surface area contributed by atoms with Crippen molar-refractivity contribution in [2.45, 2.75) is 50.6 Å². The van der Waals surface area contributed by atoms with Gasteiger partial charge in [0.2, 0.25) is 0 Å². The Hall–Kier alpha value is -2.75. The van der Waals surface area contributed by atoms with Crippen LogP contribution in [0.2, 0.25) is 5.02 Å². The first-order chi connectivity index (χ1) is 16.5. The molecule has 34 heavy (non-hydrogen) atoms. The average molecular weight is 481 g/mol. The highest BCUT2D eigenvalue weighted by molar-refractivity contribution is 6.32. The third kappa shape index (κ3) is 5.65. The van der Waals surface area contributed by atoms with Gasteiger partial charge in [-0.25, -0.2) is 0 Å². The second kappa shape index (κ2) is 11.1.